The molecule has 0 saturated heterocycles. The molecule has 1 aromatic carbocycles. The predicted molar refractivity (Wildman–Crippen MR) is 77.6 cm³/mol. The Labute approximate surface area is 109 Å². The topological polar surface area (TPSA) is 24.9 Å². The van der Waals surface area contributed by atoms with Crippen LogP contribution in [0.4, 0.5) is 0 Å². The number of hydrogen-bond donors (Lipinski definition) is 1. The lowest BCUT2D eigenvalue weighted by Crippen LogP contribution is -2.22. The molecule has 2 heteroatoms. The summed E-state index contributed by atoms with van der Waals surface area (Å²) in [5.41, 5.74) is 2.16. The minimum absolute atomic E-state index is 0.270. The first-order chi connectivity index (χ1) is 8.85. The lowest BCUT2D eigenvalue weighted by molar-refractivity contribution is 0.527. The third-order valence-corrected chi connectivity index (χ3v) is 3.02. The summed E-state index contributed by atoms with van der Waals surface area (Å²) >= 11 is 0. The van der Waals surface area contributed by atoms with Crippen molar-refractivity contribution in [3.8, 4) is 0 Å². The van der Waals surface area contributed by atoms with Gasteiger partial charge < -0.3 is 5.32 Å². The summed E-state index contributed by atoms with van der Waals surface area (Å²) in [6, 6.07) is 12.7. The van der Waals surface area contributed by atoms with Crippen LogP contribution >= 0.6 is 0 Å². The molecule has 0 radical (unpaired) electrons. The Bertz CT molecular complexity index is 519. The van der Waals surface area contributed by atoms with E-state index in [-0.39, 0.29) is 6.04 Å². The van der Waals surface area contributed by atoms with E-state index < -0.39 is 0 Å². The molecule has 2 nitrogen and oxygen atoms in total. The molecule has 1 atom stereocenters. The fourth-order valence-electron chi connectivity index (χ4n) is 2.07. The van der Waals surface area contributed by atoms with Crippen molar-refractivity contribution in [1.29, 1.82) is 0 Å². The zero-order valence-electron chi connectivity index (χ0n) is 10.9. The van der Waals surface area contributed by atoms with E-state index in [1.165, 1.54) is 5.39 Å². The highest BCUT2D eigenvalue weighted by Crippen LogP contribution is 2.19. The monoisotopic (exact) mass is 240 g/mol. The van der Waals surface area contributed by atoms with Gasteiger partial charge in [-0.25, -0.2) is 0 Å². The van der Waals surface area contributed by atoms with E-state index in [4.69, 9.17) is 4.98 Å². The average molecular weight is 240 g/mol. The summed E-state index contributed by atoms with van der Waals surface area (Å²) in [6.45, 7) is 7.01. The van der Waals surface area contributed by atoms with E-state index in [1.54, 1.807) is 0 Å². The average Bonchev–Trinajstić information content (AvgIpc) is 2.43. The van der Waals surface area contributed by atoms with Gasteiger partial charge in [0.15, 0.2) is 0 Å². The fourth-order valence-corrected chi connectivity index (χ4v) is 2.07. The number of rotatable bonds is 6. The van der Waals surface area contributed by atoms with Gasteiger partial charge in [-0.1, -0.05) is 37.3 Å². The number of aromatic nitrogens is 1. The first-order valence-corrected chi connectivity index (χ1v) is 6.55. The van der Waals surface area contributed by atoms with Crippen molar-refractivity contribution in [2.24, 2.45) is 0 Å². The van der Waals surface area contributed by atoms with E-state index in [9.17, 15) is 0 Å². The van der Waals surface area contributed by atoms with Crippen LogP contribution in [0.5, 0.6) is 0 Å². The van der Waals surface area contributed by atoms with Gasteiger partial charge in [0.05, 0.1) is 17.3 Å². The molecule has 94 valence electrons. The Hall–Kier alpha value is -1.67. The van der Waals surface area contributed by atoms with Crippen molar-refractivity contribution in [3.05, 3.63) is 54.7 Å². The van der Waals surface area contributed by atoms with Gasteiger partial charge in [0.25, 0.3) is 0 Å². The van der Waals surface area contributed by atoms with Gasteiger partial charge >= 0.3 is 0 Å². The number of para-hydroxylation sites is 1. The van der Waals surface area contributed by atoms with Crippen LogP contribution in [0.15, 0.2) is 49.1 Å². The molecule has 0 aliphatic heterocycles. The number of hydrogen-bond acceptors (Lipinski definition) is 2. The lowest BCUT2D eigenvalue weighted by atomic mass is 10.1. The second-order valence-corrected chi connectivity index (χ2v) is 4.46. The van der Waals surface area contributed by atoms with E-state index in [0.717, 1.165) is 30.6 Å². The Balaban J connectivity index is 2.28. The van der Waals surface area contributed by atoms with E-state index >= 15 is 0 Å². The van der Waals surface area contributed by atoms with Crippen LogP contribution in [0.3, 0.4) is 0 Å². The van der Waals surface area contributed by atoms with Crippen LogP contribution < -0.4 is 5.32 Å². The van der Waals surface area contributed by atoms with Crippen LogP contribution in [-0.4, -0.2) is 11.5 Å². The Morgan fingerprint density at radius 2 is 2.11 bits per heavy atom. The quantitative estimate of drug-likeness (QED) is 0.776. The minimum Gasteiger partial charge on any atom is -0.308 e. The molecule has 2 aromatic rings. The molecule has 0 amide bonds. The van der Waals surface area contributed by atoms with E-state index in [2.05, 4.69) is 43.1 Å². The fraction of sp³-hybridized carbons (Fsp3) is 0.312. The molecule has 0 spiro atoms. The molecule has 1 heterocycles. The third kappa shape index (κ3) is 2.96. The van der Waals surface area contributed by atoms with Crippen molar-refractivity contribution in [1.82, 2.24) is 10.3 Å². The number of benzene rings is 1. The van der Waals surface area contributed by atoms with Crippen molar-refractivity contribution in [3.63, 3.8) is 0 Å². The second kappa shape index (κ2) is 6.31. The van der Waals surface area contributed by atoms with Crippen molar-refractivity contribution >= 4 is 10.9 Å². The van der Waals surface area contributed by atoms with Crippen molar-refractivity contribution in [2.75, 3.05) is 6.54 Å². The van der Waals surface area contributed by atoms with Crippen LogP contribution in [-0.2, 0) is 0 Å². The van der Waals surface area contributed by atoms with Crippen LogP contribution in [0.1, 0.15) is 31.5 Å². The molecular weight excluding hydrogens is 220 g/mol. The molecule has 0 aliphatic carbocycles. The van der Waals surface area contributed by atoms with Gasteiger partial charge in [0, 0.05) is 5.39 Å². The van der Waals surface area contributed by atoms with Crippen LogP contribution in [0, 0.1) is 0 Å². The van der Waals surface area contributed by atoms with Gasteiger partial charge in [0.2, 0.25) is 0 Å². The summed E-state index contributed by atoms with van der Waals surface area (Å²) in [4.78, 5) is 4.74. The second-order valence-electron chi connectivity index (χ2n) is 4.46. The molecule has 0 bridgehead atoms. The van der Waals surface area contributed by atoms with Gasteiger partial charge in [-0.05, 0) is 31.5 Å². The third-order valence-electron chi connectivity index (χ3n) is 3.02. The molecule has 1 unspecified atom stereocenters. The van der Waals surface area contributed by atoms with Crippen molar-refractivity contribution < 1.29 is 0 Å². The van der Waals surface area contributed by atoms with Gasteiger partial charge in [-0.15, -0.1) is 6.58 Å². The summed E-state index contributed by atoms with van der Waals surface area (Å²) in [5, 5.41) is 4.71. The summed E-state index contributed by atoms with van der Waals surface area (Å²) in [5.74, 6) is 0. The smallest absolute Gasteiger partial charge is 0.0706 e. The van der Waals surface area contributed by atoms with Gasteiger partial charge in [0.1, 0.15) is 0 Å². The van der Waals surface area contributed by atoms with Crippen LogP contribution in [0.2, 0.25) is 0 Å². The van der Waals surface area contributed by atoms with E-state index in [1.807, 2.05) is 18.2 Å². The Morgan fingerprint density at radius 3 is 2.89 bits per heavy atom. The summed E-state index contributed by atoms with van der Waals surface area (Å²) < 4.78 is 0. The lowest BCUT2D eigenvalue weighted by Gasteiger charge is -2.16. The number of fused-ring (bicyclic) bond motifs is 1. The standard InChI is InChI=1S/C16H20N2/c1-3-7-15(17-12-4-2)16-11-10-13-8-5-6-9-14(13)18-16/h3,5-6,8-11,15,17H,1,4,7,12H2,2H3. The molecule has 18 heavy (non-hydrogen) atoms. The first-order valence-electron chi connectivity index (χ1n) is 6.55. The molecule has 1 aromatic heterocycles. The maximum absolute atomic E-state index is 4.74. The Kier molecular flexibility index (Phi) is 4.48. The normalized spacial score (nSPS) is 12.5. The molecule has 0 aliphatic rings. The van der Waals surface area contributed by atoms with E-state index in [0.29, 0.717) is 0 Å². The minimum atomic E-state index is 0.270. The highest BCUT2D eigenvalue weighted by Gasteiger charge is 2.10. The number of nitrogens with one attached hydrogen (secondary N) is 1. The summed E-state index contributed by atoms with van der Waals surface area (Å²) in [6.07, 6.45) is 3.98. The maximum atomic E-state index is 4.74. The largest absolute Gasteiger partial charge is 0.308 e. The van der Waals surface area contributed by atoms with Crippen LogP contribution in [0.25, 0.3) is 10.9 Å². The predicted octanol–water partition coefficient (Wildman–Crippen LogP) is 3.85. The zero-order valence-corrected chi connectivity index (χ0v) is 10.9. The molecule has 0 saturated carbocycles. The maximum Gasteiger partial charge on any atom is 0.0706 e. The molecule has 0 fully saturated rings. The molecule has 2 rings (SSSR count). The van der Waals surface area contributed by atoms with Gasteiger partial charge in [-0.2, -0.15) is 0 Å². The highest BCUT2D eigenvalue weighted by molar-refractivity contribution is 5.78. The highest BCUT2D eigenvalue weighted by atomic mass is 14.9. The first kappa shape index (κ1) is 12.8. The number of pyridine rings is 1. The Morgan fingerprint density at radius 1 is 1.28 bits per heavy atom. The SMILES string of the molecule is C=CCC(NCCC)c1ccc2ccccc2n1. The van der Waals surface area contributed by atoms with Crippen molar-refractivity contribution in [2.45, 2.75) is 25.8 Å². The summed E-state index contributed by atoms with van der Waals surface area (Å²) in [7, 11) is 0. The number of nitrogens with zero attached hydrogens (tertiary/aromatic N) is 1. The van der Waals surface area contributed by atoms with Gasteiger partial charge in [-0.3, -0.25) is 4.98 Å². The molecular formula is C16H20N2. The zero-order chi connectivity index (χ0) is 12.8. The molecule has 1 N–H and O–H groups in total.